The fraction of sp³-hybridized carbons (Fsp3) is 0.0769. The van der Waals surface area contributed by atoms with Gasteiger partial charge in [-0.1, -0.05) is 6.07 Å². The fourth-order valence-corrected chi connectivity index (χ4v) is 2.83. The van der Waals surface area contributed by atoms with Gasteiger partial charge in [0.05, 0.1) is 0 Å². The molecule has 0 aliphatic heterocycles. The molecule has 0 amide bonds. The van der Waals surface area contributed by atoms with Crippen LogP contribution in [0.4, 0.5) is 26.3 Å². The van der Waals surface area contributed by atoms with Crippen LogP contribution < -0.4 is 4.18 Å². The van der Waals surface area contributed by atoms with Gasteiger partial charge in [0.1, 0.15) is 10.7 Å². The Morgan fingerprint density at radius 1 is 0.826 bits per heavy atom. The van der Waals surface area contributed by atoms with Crippen LogP contribution in [0.3, 0.4) is 0 Å². The predicted octanol–water partition coefficient (Wildman–Crippen LogP) is 3.60. The number of hydrogen-bond acceptors (Lipinski definition) is 3. The van der Waals surface area contributed by atoms with Crippen molar-refractivity contribution in [1.82, 2.24) is 0 Å². The van der Waals surface area contributed by atoms with E-state index in [1.54, 1.807) is 0 Å². The van der Waals surface area contributed by atoms with E-state index in [1.165, 1.54) is 6.92 Å². The first-order chi connectivity index (χ1) is 10.6. The molecule has 2 aromatic rings. The van der Waals surface area contributed by atoms with E-state index in [1.807, 2.05) is 0 Å². The largest absolute Gasteiger partial charge is 0.372 e. The van der Waals surface area contributed by atoms with Crippen LogP contribution in [0.1, 0.15) is 5.56 Å². The first-order valence-electron chi connectivity index (χ1n) is 5.78. The summed E-state index contributed by atoms with van der Waals surface area (Å²) in [6, 6.07) is 2.42. The Morgan fingerprint density at radius 3 is 1.83 bits per heavy atom. The molecule has 0 aliphatic rings. The Hall–Kier alpha value is -2.23. The zero-order chi connectivity index (χ0) is 17.5. The second-order valence-corrected chi connectivity index (χ2v) is 5.86. The van der Waals surface area contributed by atoms with Crippen LogP contribution in [0.15, 0.2) is 23.1 Å². The van der Waals surface area contributed by atoms with Crippen molar-refractivity contribution < 1.29 is 38.9 Å². The van der Waals surface area contributed by atoms with Gasteiger partial charge in [0.2, 0.25) is 34.8 Å². The summed E-state index contributed by atoms with van der Waals surface area (Å²) >= 11 is 0. The molecule has 0 fully saturated rings. The average Bonchev–Trinajstić information content (AvgIpc) is 2.50. The van der Waals surface area contributed by atoms with Crippen LogP contribution >= 0.6 is 0 Å². The lowest BCUT2D eigenvalue weighted by Crippen LogP contribution is -2.15. The van der Waals surface area contributed by atoms with Gasteiger partial charge in [-0.15, -0.1) is 0 Å². The van der Waals surface area contributed by atoms with Gasteiger partial charge in [0.15, 0.2) is 0 Å². The SMILES string of the molecule is Cc1ccc(F)cc1S(=O)(=O)Oc1c(F)c(F)c(F)c(F)c1F. The molecule has 0 bridgehead atoms. The maximum absolute atomic E-state index is 13.4. The molecule has 0 atom stereocenters. The summed E-state index contributed by atoms with van der Waals surface area (Å²) in [6.45, 7) is 1.22. The molecule has 3 nitrogen and oxygen atoms in total. The van der Waals surface area contributed by atoms with E-state index in [-0.39, 0.29) is 5.56 Å². The quantitative estimate of drug-likeness (QED) is 0.365. The van der Waals surface area contributed by atoms with Crippen molar-refractivity contribution in [1.29, 1.82) is 0 Å². The molecule has 0 unspecified atom stereocenters. The number of hydrogen-bond donors (Lipinski definition) is 0. The molecular formula is C13H6F6O3S. The third-order valence-corrected chi connectivity index (χ3v) is 4.15. The highest BCUT2D eigenvalue weighted by Gasteiger charge is 2.31. The minimum absolute atomic E-state index is 0.0599. The van der Waals surface area contributed by atoms with Gasteiger partial charge in [-0.25, -0.2) is 17.6 Å². The molecule has 0 aliphatic carbocycles. The smallest absolute Gasteiger partial charge is 0.339 e. The van der Waals surface area contributed by atoms with Gasteiger partial charge in [-0.05, 0) is 24.6 Å². The highest BCUT2D eigenvalue weighted by molar-refractivity contribution is 7.87. The van der Waals surface area contributed by atoms with Crippen molar-refractivity contribution in [2.75, 3.05) is 0 Å². The summed E-state index contributed by atoms with van der Waals surface area (Å²) < 4.78 is 107. The zero-order valence-electron chi connectivity index (χ0n) is 11.1. The summed E-state index contributed by atoms with van der Waals surface area (Å²) in [4.78, 5) is -0.818. The highest BCUT2D eigenvalue weighted by Crippen LogP contribution is 2.32. The Labute approximate surface area is 126 Å². The summed E-state index contributed by atoms with van der Waals surface area (Å²) in [5.41, 5.74) is -0.0599. The Morgan fingerprint density at radius 2 is 1.30 bits per heavy atom. The molecule has 0 spiro atoms. The van der Waals surface area contributed by atoms with E-state index in [4.69, 9.17) is 0 Å². The second kappa shape index (κ2) is 5.76. The third-order valence-electron chi connectivity index (χ3n) is 2.78. The lowest BCUT2D eigenvalue weighted by atomic mass is 10.2. The molecule has 2 rings (SSSR count). The first-order valence-corrected chi connectivity index (χ1v) is 7.19. The van der Waals surface area contributed by atoms with Crippen molar-refractivity contribution in [3.05, 3.63) is 58.7 Å². The lowest BCUT2D eigenvalue weighted by Gasteiger charge is -2.11. The molecule has 23 heavy (non-hydrogen) atoms. The predicted molar refractivity (Wildman–Crippen MR) is 65.2 cm³/mol. The van der Waals surface area contributed by atoms with Crippen LogP contribution in [-0.4, -0.2) is 8.42 Å². The Kier molecular flexibility index (Phi) is 4.29. The lowest BCUT2D eigenvalue weighted by molar-refractivity contribution is 0.346. The number of aryl methyl sites for hydroxylation is 1. The number of halogens is 6. The molecular weight excluding hydrogens is 350 g/mol. The van der Waals surface area contributed by atoms with E-state index in [9.17, 15) is 34.8 Å². The molecule has 0 heterocycles. The average molecular weight is 356 g/mol. The minimum Gasteiger partial charge on any atom is -0.372 e. The molecule has 0 radical (unpaired) electrons. The van der Waals surface area contributed by atoms with Crippen LogP contribution in [0.5, 0.6) is 5.75 Å². The Bertz CT molecular complexity index is 866. The van der Waals surface area contributed by atoms with E-state index < -0.39 is 55.7 Å². The summed E-state index contributed by atoms with van der Waals surface area (Å²) in [5, 5.41) is 0. The molecule has 0 saturated carbocycles. The van der Waals surface area contributed by atoms with Crippen LogP contribution in [0.2, 0.25) is 0 Å². The van der Waals surface area contributed by atoms with Crippen molar-refractivity contribution in [3.8, 4) is 5.75 Å². The minimum atomic E-state index is -5.03. The molecule has 124 valence electrons. The molecule has 2 aromatic carbocycles. The summed E-state index contributed by atoms with van der Waals surface area (Å²) in [7, 11) is -5.03. The summed E-state index contributed by atoms with van der Waals surface area (Å²) in [5.74, 6) is -15.1. The molecule has 0 N–H and O–H groups in total. The van der Waals surface area contributed by atoms with Gasteiger partial charge in [0.25, 0.3) is 0 Å². The standard InChI is InChI=1S/C13H6F6O3S/c1-5-2-3-6(14)4-7(5)23(20,21)22-13-11(18)9(16)8(15)10(17)12(13)19/h2-4H,1H3. The van der Waals surface area contributed by atoms with Crippen molar-refractivity contribution in [2.45, 2.75) is 11.8 Å². The number of benzene rings is 2. The van der Waals surface area contributed by atoms with Gasteiger partial charge in [-0.2, -0.15) is 17.2 Å². The van der Waals surface area contributed by atoms with Crippen LogP contribution in [0, 0.1) is 41.8 Å². The molecule has 10 heteroatoms. The zero-order valence-corrected chi connectivity index (χ0v) is 11.9. The first kappa shape index (κ1) is 17.1. The van der Waals surface area contributed by atoms with Crippen molar-refractivity contribution in [2.24, 2.45) is 0 Å². The van der Waals surface area contributed by atoms with Crippen molar-refractivity contribution in [3.63, 3.8) is 0 Å². The normalized spacial score (nSPS) is 11.6. The maximum atomic E-state index is 13.4. The summed E-state index contributed by atoms with van der Waals surface area (Å²) in [6.07, 6.45) is 0. The van der Waals surface area contributed by atoms with Crippen molar-refractivity contribution >= 4 is 10.1 Å². The van der Waals surface area contributed by atoms with Gasteiger partial charge in [0, 0.05) is 0 Å². The van der Waals surface area contributed by atoms with E-state index in [0.29, 0.717) is 6.07 Å². The van der Waals surface area contributed by atoms with Crippen LogP contribution in [-0.2, 0) is 10.1 Å². The molecule has 0 saturated heterocycles. The second-order valence-electron chi connectivity index (χ2n) is 4.35. The van der Waals surface area contributed by atoms with Gasteiger partial charge in [-0.3, -0.25) is 0 Å². The van der Waals surface area contributed by atoms with Gasteiger partial charge >= 0.3 is 10.1 Å². The van der Waals surface area contributed by atoms with Crippen LogP contribution in [0.25, 0.3) is 0 Å². The molecule has 0 aromatic heterocycles. The van der Waals surface area contributed by atoms with E-state index in [0.717, 1.165) is 12.1 Å². The fourth-order valence-electron chi connectivity index (χ4n) is 1.66. The topological polar surface area (TPSA) is 43.4 Å². The Balaban J connectivity index is 2.61. The monoisotopic (exact) mass is 356 g/mol. The van der Waals surface area contributed by atoms with E-state index >= 15 is 0 Å². The van der Waals surface area contributed by atoms with E-state index in [2.05, 4.69) is 4.18 Å². The van der Waals surface area contributed by atoms with Gasteiger partial charge < -0.3 is 4.18 Å². The maximum Gasteiger partial charge on any atom is 0.339 e. The highest BCUT2D eigenvalue weighted by atomic mass is 32.2. The third kappa shape index (κ3) is 2.98. The number of rotatable bonds is 3.